The van der Waals surface area contributed by atoms with Crippen LogP contribution in [0.3, 0.4) is 0 Å². The molecule has 2 aliphatic rings. The maximum atomic E-state index is 12.6. The average Bonchev–Trinajstić information content (AvgIpc) is 3.23. The Morgan fingerprint density at radius 2 is 2.24 bits per heavy atom. The van der Waals surface area contributed by atoms with Crippen molar-refractivity contribution in [3.8, 4) is 0 Å². The number of hydrogen-bond donors (Lipinski definition) is 0. The fourth-order valence-electron chi connectivity index (χ4n) is 3.11. The molecule has 1 spiro atoms. The zero-order valence-corrected chi connectivity index (χ0v) is 15.2. The van der Waals surface area contributed by atoms with E-state index in [1.807, 2.05) is 18.2 Å². The maximum Gasteiger partial charge on any atom is 0.271 e. The third kappa shape index (κ3) is 3.67. The molecule has 1 aromatic rings. The Balaban J connectivity index is 1.62. The predicted molar refractivity (Wildman–Crippen MR) is 92.2 cm³/mol. The molecule has 8 nitrogen and oxygen atoms in total. The number of hydrogen-bond acceptors (Lipinski definition) is 6. The number of nitrogens with zero attached hydrogens (tertiary/aromatic N) is 4. The molecule has 1 unspecified atom stereocenters. The largest absolute Gasteiger partial charge is 0.387 e. The number of aromatic nitrogens is 1. The van der Waals surface area contributed by atoms with E-state index in [1.54, 1.807) is 25.1 Å². The zero-order chi connectivity index (χ0) is 18.1. The molecule has 1 saturated heterocycles. The Morgan fingerprint density at radius 1 is 1.44 bits per heavy atom. The second kappa shape index (κ2) is 6.72. The number of pyridine rings is 1. The van der Waals surface area contributed by atoms with Gasteiger partial charge in [0.05, 0.1) is 24.5 Å². The standard InChI is InChI=1S/C16H22N4O4S/c1-3-25(22,23)20-9-7-16(12-20)10-14(18-24-16)15(21)19(2)11-13-6-4-5-8-17-13/h4-6,8H,3,7,9-12H2,1-2H3. The zero-order valence-electron chi connectivity index (χ0n) is 14.4. The molecule has 1 fully saturated rings. The van der Waals surface area contributed by atoms with Gasteiger partial charge in [0.15, 0.2) is 5.60 Å². The molecule has 1 atom stereocenters. The molecule has 25 heavy (non-hydrogen) atoms. The normalized spacial score (nSPS) is 23.5. The average molecular weight is 366 g/mol. The summed E-state index contributed by atoms with van der Waals surface area (Å²) in [4.78, 5) is 23.9. The molecule has 0 radical (unpaired) electrons. The van der Waals surface area contributed by atoms with E-state index < -0.39 is 15.6 Å². The first-order valence-electron chi connectivity index (χ1n) is 8.23. The maximum absolute atomic E-state index is 12.6. The number of rotatable bonds is 5. The van der Waals surface area contributed by atoms with Crippen LogP contribution >= 0.6 is 0 Å². The Kier molecular flexibility index (Phi) is 4.79. The summed E-state index contributed by atoms with van der Waals surface area (Å²) in [6, 6.07) is 5.54. The summed E-state index contributed by atoms with van der Waals surface area (Å²) < 4.78 is 25.5. The van der Waals surface area contributed by atoms with Crippen LogP contribution in [0.1, 0.15) is 25.5 Å². The second-order valence-electron chi connectivity index (χ2n) is 6.46. The van der Waals surface area contributed by atoms with Crippen LogP contribution in [-0.4, -0.2) is 65.7 Å². The summed E-state index contributed by atoms with van der Waals surface area (Å²) in [7, 11) is -1.57. The van der Waals surface area contributed by atoms with E-state index in [-0.39, 0.29) is 18.2 Å². The Hall–Kier alpha value is -2.00. The summed E-state index contributed by atoms with van der Waals surface area (Å²) in [5.41, 5.74) is 0.404. The van der Waals surface area contributed by atoms with Gasteiger partial charge in [0.25, 0.3) is 5.91 Å². The Labute approximate surface area is 147 Å². The van der Waals surface area contributed by atoms with Gasteiger partial charge in [-0.2, -0.15) is 4.31 Å². The molecule has 0 N–H and O–H groups in total. The molecule has 1 amide bonds. The lowest BCUT2D eigenvalue weighted by molar-refractivity contribution is -0.123. The number of carbonyl (C=O) groups is 1. The van der Waals surface area contributed by atoms with E-state index in [2.05, 4.69) is 10.1 Å². The SMILES string of the molecule is CCS(=O)(=O)N1CCC2(CC(C(=O)N(C)Cc3ccccn3)=NO2)C1. The van der Waals surface area contributed by atoms with Crippen LogP contribution in [0.4, 0.5) is 0 Å². The minimum absolute atomic E-state index is 0.0581. The van der Waals surface area contributed by atoms with E-state index in [4.69, 9.17) is 4.84 Å². The second-order valence-corrected chi connectivity index (χ2v) is 8.71. The van der Waals surface area contributed by atoms with Crippen molar-refractivity contribution in [3.05, 3.63) is 30.1 Å². The first-order valence-corrected chi connectivity index (χ1v) is 9.84. The molecule has 3 rings (SSSR count). The first-order chi connectivity index (χ1) is 11.9. The van der Waals surface area contributed by atoms with Crippen molar-refractivity contribution in [1.82, 2.24) is 14.2 Å². The van der Waals surface area contributed by atoms with Gasteiger partial charge < -0.3 is 9.74 Å². The van der Waals surface area contributed by atoms with Crippen molar-refractivity contribution in [2.75, 3.05) is 25.9 Å². The van der Waals surface area contributed by atoms with Crippen molar-refractivity contribution >= 4 is 21.6 Å². The summed E-state index contributed by atoms with van der Waals surface area (Å²) in [6.07, 6.45) is 2.55. The highest BCUT2D eigenvalue weighted by molar-refractivity contribution is 7.89. The van der Waals surface area contributed by atoms with Crippen molar-refractivity contribution in [3.63, 3.8) is 0 Å². The molecule has 1 aromatic heterocycles. The van der Waals surface area contributed by atoms with Crippen molar-refractivity contribution in [1.29, 1.82) is 0 Å². The van der Waals surface area contributed by atoms with Crippen molar-refractivity contribution < 1.29 is 18.0 Å². The fraction of sp³-hybridized carbons (Fsp3) is 0.562. The molecule has 9 heteroatoms. The van der Waals surface area contributed by atoms with Gasteiger partial charge in [-0.05, 0) is 19.1 Å². The Morgan fingerprint density at radius 3 is 2.92 bits per heavy atom. The van der Waals surface area contributed by atoms with Gasteiger partial charge in [-0.3, -0.25) is 9.78 Å². The van der Waals surface area contributed by atoms with Crippen LogP contribution in [0, 0.1) is 0 Å². The number of oxime groups is 1. The molecule has 0 aliphatic carbocycles. The van der Waals surface area contributed by atoms with Gasteiger partial charge in [0.1, 0.15) is 5.71 Å². The minimum atomic E-state index is -3.26. The molecule has 0 aromatic carbocycles. The lowest BCUT2D eigenvalue weighted by atomic mass is 9.96. The topological polar surface area (TPSA) is 92.2 Å². The molecule has 0 saturated carbocycles. The highest BCUT2D eigenvalue weighted by atomic mass is 32.2. The predicted octanol–water partition coefficient (Wildman–Crippen LogP) is 0.611. The van der Waals surface area contributed by atoms with E-state index in [0.717, 1.165) is 5.69 Å². The van der Waals surface area contributed by atoms with E-state index in [0.29, 0.717) is 31.6 Å². The minimum Gasteiger partial charge on any atom is -0.387 e. The van der Waals surface area contributed by atoms with Crippen LogP contribution in [0.2, 0.25) is 0 Å². The van der Waals surface area contributed by atoms with Gasteiger partial charge >= 0.3 is 0 Å². The summed E-state index contributed by atoms with van der Waals surface area (Å²) >= 11 is 0. The van der Waals surface area contributed by atoms with Gasteiger partial charge in [-0.15, -0.1) is 0 Å². The quantitative estimate of drug-likeness (QED) is 0.761. The number of amides is 1. The summed E-state index contributed by atoms with van der Waals surface area (Å²) in [5.74, 6) is -0.165. The van der Waals surface area contributed by atoms with Crippen LogP contribution in [-0.2, 0) is 26.2 Å². The lowest BCUT2D eigenvalue weighted by Gasteiger charge is -2.21. The van der Waals surface area contributed by atoms with Crippen molar-refractivity contribution in [2.45, 2.75) is 31.9 Å². The third-order valence-electron chi connectivity index (χ3n) is 4.60. The molecule has 136 valence electrons. The van der Waals surface area contributed by atoms with Crippen molar-refractivity contribution in [2.24, 2.45) is 5.16 Å². The summed E-state index contributed by atoms with van der Waals surface area (Å²) in [6.45, 7) is 2.64. The van der Waals surface area contributed by atoms with E-state index in [9.17, 15) is 13.2 Å². The Bertz CT molecular complexity index is 781. The van der Waals surface area contributed by atoms with Crippen LogP contribution in [0.25, 0.3) is 0 Å². The van der Waals surface area contributed by atoms with Crippen LogP contribution in [0.5, 0.6) is 0 Å². The molecule has 2 aliphatic heterocycles. The number of sulfonamides is 1. The van der Waals surface area contributed by atoms with Gasteiger partial charge in [-0.1, -0.05) is 11.2 Å². The summed E-state index contributed by atoms with van der Waals surface area (Å²) in [5, 5.41) is 3.96. The fourth-order valence-corrected chi connectivity index (χ4v) is 4.28. The molecule has 0 bridgehead atoms. The van der Waals surface area contributed by atoms with E-state index in [1.165, 1.54) is 4.31 Å². The highest BCUT2D eigenvalue weighted by Crippen LogP contribution is 2.35. The lowest BCUT2D eigenvalue weighted by Crippen LogP contribution is -2.39. The van der Waals surface area contributed by atoms with Gasteiger partial charge in [-0.25, -0.2) is 8.42 Å². The van der Waals surface area contributed by atoms with Gasteiger partial charge in [0, 0.05) is 32.6 Å². The molecule has 3 heterocycles. The molecular weight excluding hydrogens is 344 g/mol. The first kappa shape index (κ1) is 17.8. The van der Waals surface area contributed by atoms with E-state index >= 15 is 0 Å². The van der Waals surface area contributed by atoms with Crippen LogP contribution < -0.4 is 0 Å². The highest BCUT2D eigenvalue weighted by Gasteiger charge is 2.49. The number of carbonyl (C=O) groups excluding carboxylic acids is 1. The monoisotopic (exact) mass is 366 g/mol. The van der Waals surface area contributed by atoms with Crippen LogP contribution in [0.15, 0.2) is 29.6 Å². The smallest absolute Gasteiger partial charge is 0.271 e. The van der Waals surface area contributed by atoms with Gasteiger partial charge in [0.2, 0.25) is 10.0 Å². The molecular formula is C16H22N4O4S. The third-order valence-corrected chi connectivity index (χ3v) is 6.43.